The number of nitro benzene ring substituents is 1. The summed E-state index contributed by atoms with van der Waals surface area (Å²) in [6.07, 6.45) is 1.39. The SMILES string of the molecule is COc1ccc(N(CC(=O)N/N=C/c2cccc(Br)c2)S(=O)(=O)c2ccccc2[N+](=O)[O-])c(OC)c1. The van der Waals surface area contributed by atoms with Crippen molar-refractivity contribution in [1.29, 1.82) is 0 Å². The number of hydrogen-bond acceptors (Lipinski definition) is 8. The predicted molar refractivity (Wildman–Crippen MR) is 137 cm³/mol. The van der Waals surface area contributed by atoms with Crippen LogP contribution in [0.3, 0.4) is 0 Å². The van der Waals surface area contributed by atoms with Gasteiger partial charge in [0.2, 0.25) is 0 Å². The zero-order valence-electron chi connectivity index (χ0n) is 19.1. The smallest absolute Gasteiger partial charge is 0.289 e. The minimum atomic E-state index is -4.61. The number of rotatable bonds is 10. The summed E-state index contributed by atoms with van der Waals surface area (Å²) in [6, 6.07) is 16.3. The zero-order chi connectivity index (χ0) is 26.3. The number of amides is 1. The third-order valence-corrected chi connectivity index (χ3v) is 7.12. The van der Waals surface area contributed by atoms with Gasteiger partial charge in [-0.15, -0.1) is 0 Å². The summed E-state index contributed by atoms with van der Waals surface area (Å²) in [5.41, 5.74) is 2.31. The van der Waals surface area contributed by atoms with Crippen molar-refractivity contribution in [2.24, 2.45) is 5.10 Å². The molecule has 3 rings (SSSR count). The van der Waals surface area contributed by atoms with Gasteiger partial charge >= 0.3 is 0 Å². The second-order valence-corrected chi connectivity index (χ2v) is 9.87. The van der Waals surface area contributed by atoms with Crippen LogP contribution in [0.1, 0.15) is 5.56 Å². The van der Waals surface area contributed by atoms with Crippen LogP contribution in [0.15, 0.2) is 81.2 Å². The number of halogens is 1. The van der Waals surface area contributed by atoms with Crippen LogP contribution >= 0.6 is 15.9 Å². The molecule has 1 N–H and O–H groups in total. The lowest BCUT2D eigenvalue weighted by Gasteiger charge is -2.25. The van der Waals surface area contributed by atoms with E-state index in [2.05, 4.69) is 26.5 Å². The second kappa shape index (κ2) is 11.6. The predicted octanol–water partition coefficient (Wildman–Crippen LogP) is 3.72. The van der Waals surface area contributed by atoms with Crippen molar-refractivity contribution >= 4 is 49.4 Å². The van der Waals surface area contributed by atoms with Crippen LogP contribution in [0.2, 0.25) is 0 Å². The van der Waals surface area contributed by atoms with Gasteiger partial charge in [0, 0.05) is 16.6 Å². The van der Waals surface area contributed by atoms with Gasteiger partial charge in [0.1, 0.15) is 18.0 Å². The van der Waals surface area contributed by atoms with E-state index in [0.717, 1.165) is 20.9 Å². The van der Waals surface area contributed by atoms with Crippen molar-refractivity contribution in [2.45, 2.75) is 4.90 Å². The number of sulfonamides is 1. The quantitative estimate of drug-likeness (QED) is 0.220. The number of ether oxygens (including phenoxy) is 2. The van der Waals surface area contributed by atoms with E-state index < -0.39 is 38.0 Å². The van der Waals surface area contributed by atoms with Crippen LogP contribution < -0.4 is 19.2 Å². The number of nitro groups is 1. The van der Waals surface area contributed by atoms with Crippen molar-refractivity contribution in [3.05, 3.63) is 86.9 Å². The Hall–Kier alpha value is -3.97. The maximum Gasteiger partial charge on any atom is 0.289 e. The molecule has 0 bridgehead atoms. The summed E-state index contributed by atoms with van der Waals surface area (Å²) >= 11 is 3.33. The molecule has 0 saturated carbocycles. The van der Waals surface area contributed by atoms with Gasteiger partial charge in [-0.25, -0.2) is 13.8 Å². The van der Waals surface area contributed by atoms with E-state index in [-0.39, 0.29) is 11.4 Å². The van der Waals surface area contributed by atoms with E-state index in [1.807, 2.05) is 6.07 Å². The maximum atomic E-state index is 13.7. The van der Waals surface area contributed by atoms with E-state index >= 15 is 0 Å². The molecule has 13 heteroatoms. The number of benzene rings is 3. The van der Waals surface area contributed by atoms with E-state index in [9.17, 15) is 23.3 Å². The molecule has 3 aromatic rings. The molecule has 0 aliphatic rings. The molecular formula is C23H21BrN4O7S. The van der Waals surface area contributed by atoms with Crippen molar-refractivity contribution in [3.63, 3.8) is 0 Å². The fourth-order valence-electron chi connectivity index (χ4n) is 3.17. The number of carbonyl (C=O) groups excluding carboxylic acids is 1. The van der Waals surface area contributed by atoms with Gasteiger partial charge in [-0.2, -0.15) is 5.10 Å². The Bertz CT molecular complexity index is 1410. The number of para-hydroxylation sites is 1. The topological polar surface area (TPSA) is 140 Å². The van der Waals surface area contributed by atoms with Gasteiger partial charge in [-0.1, -0.05) is 40.2 Å². The van der Waals surface area contributed by atoms with E-state index in [0.29, 0.717) is 11.3 Å². The molecule has 0 atom stereocenters. The van der Waals surface area contributed by atoms with Gasteiger partial charge in [0.15, 0.2) is 4.90 Å². The number of nitrogens with zero attached hydrogens (tertiary/aromatic N) is 3. The molecule has 188 valence electrons. The lowest BCUT2D eigenvalue weighted by atomic mass is 10.2. The summed E-state index contributed by atoms with van der Waals surface area (Å²) < 4.78 is 39.3. The lowest BCUT2D eigenvalue weighted by molar-refractivity contribution is -0.387. The first-order valence-electron chi connectivity index (χ1n) is 10.2. The summed E-state index contributed by atoms with van der Waals surface area (Å²) in [4.78, 5) is 22.9. The standard InChI is InChI=1S/C23H21BrN4O7S/c1-34-18-10-11-19(21(13-18)35-2)27(36(32,33)22-9-4-3-8-20(22)28(30)31)15-23(29)26-25-14-16-6-5-7-17(24)12-16/h3-14H,15H2,1-2H3,(H,26,29)/b25-14+. The molecule has 0 aromatic heterocycles. The Morgan fingerprint density at radius 3 is 2.53 bits per heavy atom. The summed E-state index contributed by atoms with van der Waals surface area (Å²) in [5, 5.41) is 15.4. The fraction of sp³-hybridized carbons (Fsp3) is 0.130. The molecule has 36 heavy (non-hydrogen) atoms. The van der Waals surface area contributed by atoms with E-state index in [4.69, 9.17) is 9.47 Å². The molecule has 1 amide bonds. The Balaban J connectivity index is 2.01. The van der Waals surface area contributed by atoms with Crippen LogP contribution in [0.25, 0.3) is 0 Å². The maximum absolute atomic E-state index is 13.7. The Kier molecular flexibility index (Phi) is 8.61. The monoisotopic (exact) mass is 576 g/mol. The molecule has 0 heterocycles. The first kappa shape index (κ1) is 26.6. The molecule has 11 nitrogen and oxygen atoms in total. The highest BCUT2D eigenvalue weighted by atomic mass is 79.9. The van der Waals surface area contributed by atoms with Gasteiger partial charge in [0.05, 0.1) is 31.0 Å². The highest BCUT2D eigenvalue weighted by Gasteiger charge is 2.34. The third-order valence-electron chi connectivity index (χ3n) is 4.82. The highest BCUT2D eigenvalue weighted by molar-refractivity contribution is 9.10. The minimum Gasteiger partial charge on any atom is -0.497 e. The number of nitrogens with one attached hydrogen (secondary N) is 1. The van der Waals surface area contributed by atoms with Crippen molar-refractivity contribution in [1.82, 2.24) is 5.43 Å². The normalized spacial score (nSPS) is 11.2. The minimum absolute atomic E-state index is 0.0254. The zero-order valence-corrected chi connectivity index (χ0v) is 21.5. The molecule has 0 saturated heterocycles. The fourth-order valence-corrected chi connectivity index (χ4v) is 5.18. The molecule has 0 aliphatic carbocycles. The van der Waals surface area contributed by atoms with Crippen LogP contribution in [0.5, 0.6) is 11.5 Å². The summed E-state index contributed by atoms with van der Waals surface area (Å²) in [5.74, 6) is -0.343. The summed E-state index contributed by atoms with van der Waals surface area (Å²) in [7, 11) is -1.87. The average Bonchev–Trinajstić information content (AvgIpc) is 2.87. The Labute approximate surface area is 215 Å². The first-order chi connectivity index (χ1) is 17.2. The van der Waals surface area contributed by atoms with Crippen LogP contribution in [0, 0.1) is 10.1 Å². The third kappa shape index (κ3) is 6.17. The van der Waals surface area contributed by atoms with Gasteiger partial charge in [0.25, 0.3) is 21.6 Å². The molecule has 0 spiro atoms. The van der Waals surface area contributed by atoms with Crippen LogP contribution in [-0.4, -0.2) is 46.2 Å². The van der Waals surface area contributed by atoms with Crippen molar-refractivity contribution in [2.75, 3.05) is 25.1 Å². The number of anilines is 1. The number of hydrazone groups is 1. The highest BCUT2D eigenvalue weighted by Crippen LogP contribution is 2.37. The number of hydrogen-bond donors (Lipinski definition) is 1. The summed E-state index contributed by atoms with van der Waals surface area (Å²) in [6.45, 7) is -0.743. The van der Waals surface area contributed by atoms with Gasteiger partial charge in [-0.3, -0.25) is 19.2 Å². The van der Waals surface area contributed by atoms with E-state index in [1.165, 1.54) is 50.8 Å². The Morgan fingerprint density at radius 2 is 1.86 bits per heavy atom. The van der Waals surface area contributed by atoms with Crippen LogP contribution in [-0.2, 0) is 14.8 Å². The van der Waals surface area contributed by atoms with Gasteiger partial charge < -0.3 is 9.47 Å². The molecule has 0 fully saturated rings. The molecule has 0 radical (unpaired) electrons. The van der Waals surface area contributed by atoms with Crippen molar-refractivity contribution < 1.29 is 27.6 Å². The first-order valence-corrected chi connectivity index (χ1v) is 12.5. The molecular weight excluding hydrogens is 556 g/mol. The van der Waals surface area contributed by atoms with E-state index in [1.54, 1.807) is 18.2 Å². The average molecular weight is 577 g/mol. The number of carbonyl (C=O) groups is 1. The largest absolute Gasteiger partial charge is 0.497 e. The lowest BCUT2D eigenvalue weighted by Crippen LogP contribution is -2.40. The van der Waals surface area contributed by atoms with Crippen molar-refractivity contribution in [3.8, 4) is 11.5 Å². The number of methoxy groups -OCH3 is 2. The molecule has 0 aliphatic heterocycles. The molecule has 0 unspecified atom stereocenters. The molecule has 3 aromatic carbocycles. The van der Waals surface area contributed by atoms with Gasteiger partial charge in [-0.05, 0) is 35.9 Å². The Morgan fingerprint density at radius 1 is 1.11 bits per heavy atom. The van der Waals surface area contributed by atoms with Crippen LogP contribution in [0.4, 0.5) is 11.4 Å². The second-order valence-electron chi connectivity index (χ2n) is 7.12.